The maximum absolute atomic E-state index is 14.1. The molecule has 2 heterocycles. The number of aromatic nitrogens is 4. The zero-order chi connectivity index (χ0) is 17.6. The number of aryl methyl sites for hydroxylation is 1. The normalized spacial score (nSPS) is 14.0. The highest BCUT2D eigenvalue weighted by molar-refractivity contribution is 6.31. The minimum atomic E-state index is -0.425. The standard InChI is InChI=1S/C17H15ClFN5O/c1-10-7-8-20-17-21-15(22-24(10)17)16(25)23(11-5-6-11)9-12-13(18)3-2-4-14(12)19/h2-4,7-8,11H,5-6,9H2,1H3. The first-order chi connectivity index (χ1) is 12.0. The first-order valence-corrected chi connectivity index (χ1v) is 8.34. The van der Waals surface area contributed by atoms with Crippen LogP contribution in [0.2, 0.25) is 5.02 Å². The highest BCUT2D eigenvalue weighted by Crippen LogP contribution is 2.31. The number of carbonyl (C=O) groups is 1. The Morgan fingerprint density at radius 2 is 2.20 bits per heavy atom. The lowest BCUT2D eigenvalue weighted by Gasteiger charge is -2.21. The zero-order valence-electron chi connectivity index (χ0n) is 13.5. The van der Waals surface area contributed by atoms with Crippen molar-refractivity contribution in [3.8, 4) is 0 Å². The van der Waals surface area contributed by atoms with Gasteiger partial charge in [-0.15, -0.1) is 5.10 Å². The molecular weight excluding hydrogens is 345 g/mol. The van der Waals surface area contributed by atoms with Crippen molar-refractivity contribution in [1.82, 2.24) is 24.5 Å². The van der Waals surface area contributed by atoms with Crippen LogP contribution in [0.15, 0.2) is 30.5 Å². The summed E-state index contributed by atoms with van der Waals surface area (Å²) in [5.41, 5.74) is 1.13. The maximum atomic E-state index is 14.1. The molecule has 0 aliphatic heterocycles. The Labute approximate surface area is 148 Å². The fourth-order valence-corrected chi connectivity index (χ4v) is 2.95. The molecule has 1 aliphatic carbocycles. The molecule has 0 atom stereocenters. The third kappa shape index (κ3) is 2.95. The number of halogens is 2. The number of carbonyl (C=O) groups excluding carboxylic acids is 1. The summed E-state index contributed by atoms with van der Waals surface area (Å²) in [5, 5.41) is 4.56. The Kier molecular flexibility index (Phi) is 3.88. The van der Waals surface area contributed by atoms with Crippen molar-refractivity contribution in [3.05, 3.63) is 58.4 Å². The van der Waals surface area contributed by atoms with E-state index < -0.39 is 5.82 Å². The first-order valence-electron chi connectivity index (χ1n) is 7.97. The molecule has 8 heteroatoms. The highest BCUT2D eigenvalue weighted by atomic mass is 35.5. The summed E-state index contributed by atoms with van der Waals surface area (Å²) >= 11 is 6.11. The average Bonchev–Trinajstić information content (AvgIpc) is 3.32. The molecule has 1 aliphatic rings. The molecule has 0 bridgehead atoms. The van der Waals surface area contributed by atoms with Gasteiger partial charge in [0.1, 0.15) is 5.82 Å². The molecule has 0 radical (unpaired) electrons. The summed E-state index contributed by atoms with van der Waals surface area (Å²) < 4.78 is 15.6. The highest BCUT2D eigenvalue weighted by Gasteiger charge is 2.35. The van der Waals surface area contributed by atoms with Crippen LogP contribution in [0.25, 0.3) is 5.78 Å². The molecule has 4 rings (SSSR count). The molecular formula is C17H15ClFN5O. The zero-order valence-corrected chi connectivity index (χ0v) is 14.2. The number of rotatable bonds is 4. The number of amides is 1. The van der Waals surface area contributed by atoms with Crippen LogP contribution >= 0.6 is 11.6 Å². The van der Waals surface area contributed by atoms with E-state index in [0.29, 0.717) is 16.4 Å². The molecule has 1 aromatic carbocycles. The largest absolute Gasteiger partial charge is 0.328 e. The van der Waals surface area contributed by atoms with Crippen molar-refractivity contribution in [1.29, 1.82) is 0 Å². The van der Waals surface area contributed by atoms with Gasteiger partial charge in [-0.05, 0) is 38.0 Å². The Morgan fingerprint density at radius 1 is 1.40 bits per heavy atom. The van der Waals surface area contributed by atoms with Gasteiger partial charge in [-0.25, -0.2) is 13.9 Å². The van der Waals surface area contributed by atoms with E-state index in [9.17, 15) is 9.18 Å². The van der Waals surface area contributed by atoms with Gasteiger partial charge in [0.25, 0.3) is 11.7 Å². The topological polar surface area (TPSA) is 63.4 Å². The molecule has 128 valence electrons. The molecule has 25 heavy (non-hydrogen) atoms. The predicted molar refractivity (Wildman–Crippen MR) is 89.8 cm³/mol. The smallest absolute Gasteiger partial charge is 0.294 e. The first kappa shape index (κ1) is 16.0. The second-order valence-corrected chi connectivity index (χ2v) is 6.51. The Morgan fingerprint density at radius 3 is 2.88 bits per heavy atom. The fraction of sp³-hybridized carbons (Fsp3) is 0.294. The second kappa shape index (κ2) is 6.07. The van der Waals surface area contributed by atoms with E-state index in [1.54, 1.807) is 29.3 Å². The molecule has 6 nitrogen and oxygen atoms in total. The van der Waals surface area contributed by atoms with Gasteiger partial charge in [-0.2, -0.15) is 4.98 Å². The lowest BCUT2D eigenvalue weighted by Crippen LogP contribution is -2.33. The van der Waals surface area contributed by atoms with Crippen LogP contribution in [-0.2, 0) is 6.54 Å². The van der Waals surface area contributed by atoms with Crippen molar-refractivity contribution >= 4 is 23.3 Å². The molecule has 0 N–H and O–H groups in total. The van der Waals surface area contributed by atoms with Gasteiger partial charge >= 0.3 is 0 Å². The number of nitrogens with zero attached hydrogens (tertiary/aromatic N) is 5. The van der Waals surface area contributed by atoms with Gasteiger partial charge in [-0.3, -0.25) is 4.79 Å². The van der Waals surface area contributed by atoms with Crippen molar-refractivity contribution in [3.63, 3.8) is 0 Å². The van der Waals surface area contributed by atoms with Gasteiger partial charge in [0.05, 0.1) is 6.54 Å². The van der Waals surface area contributed by atoms with E-state index in [0.717, 1.165) is 18.5 Å². The predicted octanol–water partition coefficient (Wildman–Crippen LogP) is 3.03. The molecule has 1 fully saturated rings. The fourth-order valence-electron chi connectivity index (χ4n) is 2.73. The summed E-state index contributed by atoms with van der Waals surface area (Å²) in [6, 6.07) is 6.35. The van der Waals surface area contributed by atoms with Crippen LogP contribution in [0, 0.1) is 12.7 Å². The summed E-state index contributed by atoms with van der Waals surface area (Å²) in [5.74, 6) is -0.345. The molecule has 0 spiro atoms. The second-order valence-electron chi connectivity index (χ2n) is 6.10. The number of fused-ring (bicyclic) bond motifs is 1. The van der Waals surface area contributed by atoms with E-state index in [1.807, 2.05) is 6.92 Å². The third-order valence-electron chi connectivity index (χ3n) is 4.26. The number of hydrogen-bond donors (Lipinski definition) is 0. The molecule has 2 aromatic heterocycles. The number of hydrogen-bond acceptors (Lipinski definition) is 4. The summed E-state index contributed by atoms with van der Waals surface area (Å²) in [6.07, 6.45) is 3.37. The SMILES string of the molecule is Cc1ccnc2nc(C(=O)N(Cc3c(F)cccc3Cl)C3CC3)nn12. The van der Waals surface area contributed by atoms with Crippen LogP contribution in [0.3, 0.4) is 0 Å². The Bertz CT molecular complexity index is 949. The van der Waals surface area contributed by atoms with Crippen LogP contribution in [-0.4, -0.2) is 36.4 Å². The number of benzene rings is 1. The van der Waals surface area contributed by atoms with Gasteiger partial charge in [0, 0.05) is 28.5 Å². The van der Waals surface area contributed by atoms with Crippen molar-refractivity contribution in [2.75, 3.05) is 0 Å². The van der Waals surface area contributed by atoms with E-state index >= 15 is 0 Å². The summed E-state index contributed by atoms with van der Waals surface area (Å²) in [6.45, 7) is 1.95. The van der Waals surface area contributed by atoms with Crippen molar-refractivity contribution in [2.24, 2.45) is 0 Å². The van der Waals surface area contributed by atoms with Gasteiger partial charge < -0.3 is 4.90 Å². The van der Waals surface area contributed by atoms with E-state index in [4.69, 9.17) is 11.6 Å². The van der Waals surface area contributed by atoms with Crippen LogP contribution in [0.1, 0.15) is 34.7 Å². The van der Waals surface area contributed by atoms with Gasteiger partial charge in [0.2, 0.25) is 5.82 Å². The quantitative estimate of drug-likeness (QED) is 0.718. The van der Waals surface area contributed by atoms with Crippen LogP contribution in [0.5, 0.6) is 0 Å². The Balaban J connectivity index is 1.68. The third-order valence-corrected chi connectivity index (χ3v) is 4.61. The van der Waals surface area contributed by atoms with E-state index in [1.165, 1.54) is 10.6 Å². The Hall–Kier alpha value is -2.54. The summed E-state index contributed by atoms with van der Waals surface area (Å²) in [4.78, 5) is 22.8. The molecule has 1 amide bonds. The van der Waals surface area contributed by atoms with Gasteiger partial charge in [0.15, 0.2) is 0 Å². The van der Waals surface area contributed by atoms with E-state index in [2.05, 4.69) is 15.1 Å². The molecule has 3 aromatic rings. The monoisotopic (exact) mass is 359 g/mol. The van der Waals surface area contributed by atoms with Crippen LogP contribution in [0.4, 0.5) is 4.39 Å². The lowest BCUT2D eigenvalue weighted by atomic mass is 10.2. The van der Waals surface area contributed by atoms with E-state index in [-0.39, 0.29) is 24.3 Å². The molecule has 0 saturated heterocycles. The molecule has 0 unspecified atom stereocenters. The lowest BCUT2D eigenvalue weighted by molar-refractivity contribution is 0.0716. The average molecular weight is 360 g/mol. The van der Waals surface area contributed by atoms with Crippen molar-refractivity contribution in [2.45, 2.75) is 32.4 Å². The minimum absolute atomic E-state index is 0.0566. The molecule has 1 saturated carbocycles. The van der Waals surface area contributed by atoms with Crippen molar-refractivity contribution < 1.29 is 9.18 Å². The minimum Gasteiger partial charge on any atom is -0.328 e. The maximum Gasteiger partial charge on any atom is 0.294 e. The summed E-state index contributed by atoms with van der Waals surface area (Å²) in [7, 11) is 0. The van der Waals surface area contributed by atoms with Gasteiger partial charge in [-0.1, -0.05) is 17.7 Å². The van der Waals surface area contributed by atoms with Crippen LogP contribution < -0.4 is 0 Å².